The van der Waals surface area contributed by atoms with Crippen LogP contribution >= 0.6 is 0 Å². The minimum Gasteiger partial charge on any atom is -0.478 e. The number of aliphatic carboxylic acids is 1. The number of ketones is 2. The molecule has 8 heteroatoms. The van der Waals surface area contributed by atoms with E-state index < -0.39 is 33.1 Å². The smallest absolute Gasteiger partial charge is 0.339 e. The third-order valence-electron chi connectivity index (χ3n) is 4.58. The molecule has 7 nitrogen and oxygen atoms in total. The van der Waals surface area contributed by atoms with Crippen LogP contribution in [0, 0.1) is 0 Å². The number of carbonyl (C=O) groups excluding carboxylic acids is 2. The number of rotatable bonds is 4. The SMILES string of the molecule is O=C(O)C1=Cc2c(c(-c3ccccc3)cn2S(=O)(=O)c2ccccc2)C(=O)C1=O. The molecule has 3 aromatic rings. The third kappa shape index (κ3) is 2.90. The van der Waals surface area contributed by atoms with Crippen LogP contribution in [-0.2, 0) is 19.6 Å². The predicted octanol–water partition coefficient (Wildman–Crippen LogP) is 2.63. The van der Waals surface area contributed by atoms with E-state index in [4.69, 9.17) is 0 Å². The first-order chi connectivity index (χ1) is 13.8. The van der Waals surface area contributed by atoms with Crippen molar-refractivity contribution in [3.63, 3.8) is 0 Å². The van der Waals surface area contributed by atoms with Gasteiger partial charge in [-0.25, -0.2) is 17.2 Å². The monoisotopic (exact) mass is 407 g/mol. The summed E-state index contributed by atoms with van der Waals surface area (Å²) in [5, 5.41) is 9.29. The topological polar surface area (TPSA) is 111 Å². The summed E-state index contributed by atoms with van der Waals surface area (Å²) in [5.41, 5.74) is -0.302. The van der Waals surface area contributed by atoms with Crippen molar-refractivity contribution < 1.29 is 27.9 Å². The van der Waals surface area contributed by atoms with Crippen molar-refractivity contribution in [2.45, 2.75) is 4.90 Å². The zero-order chi connectivity index (χ0) is 20.8. The van der Waals surface area contributed by atoms with Crippen LogP contribution in [0.2, 0.25) is 0 Å². The molecule has 144 valence electrons. The second-order valence-corrected chi connectivity index (χ2v) is 8.12. The molecule has 1 aliphatic carbocycles. The highest BCUT2D eigenvalue weighted by atomic mass is 32.2. The Morgan fingerprint density at radius 1 is 0.862 bits per heavy atom. The number of aromatic nitrogens is 1. The minimum atomic E-state index is -4.14. The lowest BCUT2D eigenvalue weighted by Gasteiger charge is -2.13. The van der Waals surface area contributed by atoms with Gasteiger partial charge in [0.15, 0.2) is 0 Å². The maximum atomic E-state index is 13.2. The molecule has 0 bridgehead atoms. The molecule has 1 heterocycles. The number of Topliss-reactive ketones (excluding diaryl/α,β-unsaturated/α-hetero) is 2. The van der Waals surface area contributed by atoms with Gasteiger partial charge in [0.25, 0.3) is 10.0 Å². The molecule has 1 N–H and O–H groups in total. The molecule has 0 atom stereocenters. The number of hydrogen-bond acceptors (Lipinski definition) is 5. The number of carboxylic acids is 1. The number of nitrogens with zero attached hydrogens (tertiary/aromatic N) is 1. The third-order valence-corrected chi connectivity index (χ3v) is 6.27. The van der Waals surface area contributed by atoms with Crippen LogP contribution in [0.1, 0.15) is 16.1 Å². The highest BCUT2D eigenvalue weighted by molar-refractivity contribution is 7.90. The Balaban J connectivity index is 2.08. The van der Waals surface area contributed by atoms with Crippen LogP contribution in [0.15, 0.2) is 77.3 Å². The highest BCUT2D eigenvalue weighted by Crippen LogP contribution is 2.35. The molecular weight excluding hydrogens is 394 g/mol. The summed E-state index contributed by atoms with van der Waals surface area (Å²) in [5.74, 6) is -3.84. The van der Waals surface area contributed by atoms with E-state index in [0.717, 1.165) is 10.0 Å². The molecule has 0 saturated heterocycles. The van der Waals surface area contributed by atoms with Crippen LogP contribution in [0.25, 0.3) is 17.2 Å². The maximum absolute atomic E-state index is 13.2. The van der Waals surface area contributed by atoms with Crippen molar-refractivity contribution in [1.29, 1.82) is 0 Å². The van der Waals surface area contributed by atoms with Crippen molar-refractivity contribution in [2.24, 2.45) is 0 Å². The Labute approximate surface area is 165 Å². The molecule has 0 aliphatic heterocycles. The number of fused-ring (bicyclic) bond motifs is 1. The van der Waals surface area contributed by atoms with Crippen LogP contribution in [0.5, 0.6) is 0 Å². The van der Waals surface area contributed by atoms with E-state index >= 15 is 0 Å². The second-order valence-electron chi connectivity index (χ2n) is 6.30. The van der Waals surface area contributed by atoms with Crippen LogP contribution in [0.3, 0.4) is 0 Å². The lowest BCUT2D eigenvalue weighted by atomic mass is 9.90. The normalized spacial score (nSPS) is 13.7. The molecule has 1 aromatic heterocycles. The van der Waals surface area contributed by atoms with E-state index in [1.807, 2.05) is 0 Å². The fraction of sp³-hybridized carbons (Fsp3) is 0. The van der Waals surface area contributed by atoms with E-state index in [9.17, 15) is 27.9 Å². The number of hydrogen-bond donors (Lipinski definition) is 1. The molecule has 2 aromatic carbocycles. The summed E-state index contributed by atoms with van der Waals surface area (Å²) in [6.07, 6.45) is 2.18. The van der Waals surface area contributed by atoms with Gasteiger partial charge < -0.3 is 5.11 Å². The number of carbonyl (C=O) groups is 3. The number of carboxylic acid groups (broad SMARTS) is 1. The Morgan fingerprint density at radius 3 is 2.03 bits per heavy atom. The van der Waals surface area contributed by atoms with Gasteiger partial charge >= 0.3 is 5.97 Å². The van der Waals surface area contributed by atoms with Gasteiger partial charge in [0.05, 0.1) is 16.2 Å². The zero-order valence-corrected chi connectivity index (χ0v) is 15.6. The van der Waals surface area contributed by atoms with Crippen LogP contribution < -0.4 is 0 Å². The average molecular weight is 407 g/mol. The van der Waals surface area contributed by atoms with Crippen molar-refractivity contribution in [3.8, 4) is 11.1 Å². The Hall–Kier alpha value is -3.78. The van der Waals surface area contributed by atoms with Gasteiger partial charge in [-0.05, 0) is 23.8 Å². The van der Waals surface area contributed by atoms with Crippen LogP contribution in [0.4, 0.5) is 0 Å². The Kier molecular flexibility index (Phi) is 4.28. The minimum absolute atomic E-state index is 0.0352. The first-order valence-electron chi connectivity index (χ1n) is 8.48. The molecule has 29 heavy (non-hydrogen) atoms. The summed E-state index contributed by atoms with van der Waals surface area (Å²) in [6, 6.07) is 16.0. The molecule has 0 spiro atoms. The summed E-state index contributed by atoms with van der Waals surface area (Å²) in [4.78, 5) is 36.4. The highest BCUT2D eigenvalue weighted by Gasteiger charge is 2.38. The van der Waals surface area contributed by atoms with Gasteiger partial charge in [0, 0.05) is 11.8 Å². The zero-order valence-electron chi connectivity index (χ0n) is 14.8. The molecule has 0 saturated carbocycles. The predicted molar refractivity (Wildman–Crippen MR) is 104 cm³/mol. The number of benzene rings is 2. The van der Waals surface area contributed by atoms with Crippen molar-refractivity contribution in [3.05, 3.63) is 83.7 Å². The largest absolute Gasteiger partial charge is 0.478 e. The van der Waals surface area contributed by atoms with Gasteiger partial charge in [-0.1, -0.05) is 48.5 Å². The Morgan fingerprint density at radius 2 is 1.45 bits per heavy atom. The molecule has 0 amide bonds. The van der Waals surface area contributed by atoms with Gasteiger partial charge in [-0.15, -0.1) is 0 Å². The lowest BCUT2D eigenvalue weighted by Crippen LogP contribution is -2.27. The summed E-state index contributed by atoms with van der Waals surface area (Å²) < 4.78 is 27.3. The van der Waals surface area contributed by atoms with Gasteiger partial charge in [-0.2, -0.15) is 0 Å². The second kappa shape index (κ2) is 6.68. The van der Waals surface area contributed by atoms with E-state index in [1.165, 1.54) is 18.3 Å². The van der Waals surface area contributed by atoms with Gasteiger partial charge in [0.2, 0.25) is 11.6 Å². The van der Waals surface area contributed by atoms with Gasteiger partial charge in [0.1, 0.15) is 5.57 Å². The van der Waals surface area contributed by atoms with Crippen molar-refractivity contribution >= 4 is 33.6 Å². The summed E-state index contributed by atoms with van der Waals surface area (Å²) in [6.45, 7) is 0. The standard InChI is InChI=1S/C21H13NO6S/c23-19-15(21(25)26)11-17-18(20(19)24)16(13-7-3-1-4-8-13)12-22(17)29(27,28)14-9-5-2-6-10-14/h1-12H,(H,25,26). The molecule has 0 fully saturated rings. The molecular formula is C21H13NO6S. The molecule has 4 rings (SSSR count). The van der Waals surface area contributed by atoms with E-state index in [0.29, 0.717) is 5.56 Å². The van der Waals surface area contributed by atoms with Crippen molar-refractivity contribution in [2.75, 3.05) is 0 Å². The summed E-state index contributed by atoms with van der Waals surface area (Å²) in [7, 11) is -4.14. The van der Waals surface area contributed by atoms with E-state index in [2.05, 4.69) is 0 Å². The molecule has 1 aliphatic rings. The van der Waals surface area contributed by atoms with E-state index in [1.54, 1.807) is 48.5 Å². The quantitative estimate of drug-likeness (QED) is 0.526. The molecule has 0 unspecified atom stereocenters. The van der Waals surface area contributed by atoms with Crippen molar-refractivity contribution in [1.82, 2.24) is 3.97 Å². The summed E-state index contributed by atoms with van der Waals surface area (Å²) >= 11 is 0. The van der Waals surface area contributed by atoms with Gasteiger partial charge in [-0.3, -0.25) is 9.59 Å². The first-order valence-corrected chi connectivity index (χ1v) is 9.92. The van der Waals surface area contributed by atoms with E-state index in [-0.39, 0.29) is 21.7 Å². The Bertz CT molecular complexity index is 1300. The lowest BCUT2D eigenvalue weighted by molar-refractivity contribution is -0.134. The fourth-order valence-corrected chi connectivity index (χ4v) is 4.59. The molecule has 0 radical (unpaired) electrons. The first kappa shape index (κ1) is 18.6. The average Bonchev–Trinajstić information content (AvgIpc) is 3.12. The maximum Gasteiger partial charge on any atom is 0.339 e. The van der Waals surface area contributed by atoms with Crippen LogP contribution in [-0.4, -0.2) is 35.0 Å². The fourth-order valence-electron chi connectivity index (χ4n) is 3.21.